The van der Waals surface area contributed by atoms with Crippen LogP contribution in [0.25, 0.3) is 0 Å². The SMILES string of the molecule is C/C=[C](\OCC)[Sn]([CH2]CCC)([CH2]CCC)[CH2]CCC. The molecule has 0 aromatic carbocycles. The third kappa shape index (κ3) is 7.06. The minimum absolute atomic E-state index is 0.850. The molecule has 0 aliphatic carbocycles. The van der Waals surface area contributed by atoms with E-state index >= 15 is 0 Å². The van der Waals surface area contributed by atoms with Gasteiger partial charge in [-0.05, 0) is 0 Å². The predicted molar refractivity (Wildman–Crippen MR) is 90.3 cm³/mol. The van der Waals surface area contributed by atoms with E-state index in [-0.39, 0.29) is 0 Å². The first kappa shape index (κ1) is 19.3. The molecule has 0 radical (unpaired) electrons. The molecule has 0 bridgehead atoms. The van der Waals surface area contributed by atoms with Crippen molar-refractivity contribution < 1.29 is 4.74 Å². The molecule has 0 fully saturated rings. The first-order valence-electron chi connectivity index (χ1n) is 8.50. The molecule has 0 aliphatic heterocycles. The zero-order valence-corrected chi connectivity index (χ0v) is 16.9. The minimum atomic E-state index is -2.23. The fourth-order valence-electron chi connectivity index (χ4n) is 2.99. The number of ether oxygens (including phenoxy) is 1. The summed E-state index contributed by atoms with van der Waals surface area (Å²) in [6.45, 7) is 12.2. The number of allylic oxidation sites excluding steroid dienone is 1. The van der Waals surface area contributed by atoms with Crippen LogP contribution in [0.2, 0.25) is 13.3 Å². The Morgan fingerprint density at radius 1 is 0.842 bits per heavy atom. The second kappa shape index (κ2) is 12.1. The van der Waals surface area contributed by atoms with Gasteiger partial charge in [-0.15, -0.1) is 0 Å². The fraction of sp³-hybridized carbons (Fsp3) is 0.882. The second-order valence-corrected chi connectivity index (χ2v) is 18.7. The molecule has 114 valence electrons. The first-order valence-corrected chi connectivity index (χ1v) is 16.0. The van der Waals surface area contributed by atoms with Crippen LogP contribution in [-0.4, -0.2) is 25.0 Å². The molecule has 2 heteroatoms. The predicted octanol–water partition coefficient (Wildman–Crippen LogP) is 6.32. The molecule has 19 heavy (non-hydrogen) atoms. The van der Waals surface area contributed by atoms with E-state index in [0.717, 1.165) is 6.61 Å². The molecule has 0 rings (SSSR count). The topological polar surface area (TPSA) is 9.23 Å². The Morgan fingerprint density at radius 3 is 1.53 bits per heavy atom. The van der Waals surface area contributed by atoms with Crippen LogP contribution in [0.15, 0.2) is 9.85 Å². The Hall–Kier alpha value is 0.339. The summed E-state index contributed by atoms with van der Waals surface area (Å²) in [5, 5.41) is 0. The zero-order valence-electron chi connectivity index (χ0n) is 14.1. The third-order valence-corrected chi connectivity index (χ3v) is 19.6. The van der Waals surface area contributed by atoms with Crippen molar-refractivity contribution in [2.75, 3.05) is 6.61 Å². The van der Waals surface area contributed by atoms with Gasteiger partial charge in [0.05, 0.1) is 0 Å². The Kier molecular flexibility index (Phi) is 12.3. The molecule has 1 nitrogen and oxygen atoms in total. The maximum atomic E-state index is 6.10. The number of unbranched alkanes of at least 4 members (excludes halogenated alkanes) is 3. The maximum absolute atomic E-state index is 6.10. The van der Waals surface area contributed by atoms with Crippen molar-refractivity contribution >= 4 is 18.4 Å². The van der Waals surface area contributed by atoms with Crippen LogP contribution in [0.1, 0.15) is 73.1 Å². The van der Waals surface area contributed by atoms with Gasteiger partial charge in [-0.2, -0.15) is 0 Å². The van der Waals surface area contributed by atoms with Crippen molar-refractivity contribution in [2.24, 2.45) is 0 Å². The van der Waals surface area contributed by atoms with E-state index in [0.29, 0.717) is 0 Å². The molecule has 0 N–H and O–H groups in total. The summed E-state index contributed by atoms with van der Waals surface area (Å²) >= 11 is -2.23. The molecular weight excluding hydrogens is 339 g/mol. The third-order valence-electron chi connectivity index (χ3n) is 4.11. The molecule has 0 aromatic rings. The first-order chi connectivity index (χ1) is 9.20. The standard InChI is InChI=1S/C5H9O.3C4H9.Sn/c1-3-5-6-4-2;3*1-3-4-2;/h3H,4H2,1-2H3;3*1,3-4H2,2H3;. The summed E-state index contributed by atoms with van der Waals surface area (Å²) in [6.07, 6.45) is 10.6. The van der Waals surface area contributed by atoms with E-state index in [9.17, 15) is 0 Å². The molecule has 0 heterocycles. The Morgan fingerprint density at radius 2 is 1.26 bits per heavy atom. The van der Waals surface area contributed by atoms with Gasteiger partial charge in [-0.1, -0.05) is 0 Å². The van der Waals surface area contributed by atoms with Gasteiger partial charge in [0, 0.05) is 0 Å². The van der Waals surface area contributed by atoms with Crippen LogP contribution >= 0.6 is 0 Å². The van der Waals surface area contributed by atoms with E-state index in [1.165, 1.54) is 55.6 Å². The Labute approximate surface area is 126 Å². The summed E-state index contributed by atoms with van der Waals surface area (Å²) in [5.74, 6) is 0. The second-order valence-electron chi connectivity index (χ2n) is 5.68. The van der Waals surface area contributed by atoms with Crippen molar-refractivity contribution in [3.63, 3.8) is 0 Å². The molecule has 0 unspecified atom stereocenters. The molecule has 0 aromatic heterocycles. The molecule has 0 spiro atoms. The number of rotatable bonds is 12. The van der Waals surface area contributed by atoms with Gasteiger partial charge >= 0.3 is 126 Å². The summed E-state index contributed by atoms with van der Waals surface area (Å²) in [5.41, 5.74) is 0. The number of hydrogen-bond donors (Lipinski definition) is 0. The van der Waals surface area contributed by atoms with Crippen LogP contribution in [0, 0.1) is 0 Å². The van der Waals surface area contributed by atoms with Crippen molar-refractivity contribution in [3.05, 3.63) is 9.85 Å². The van der Waals surface area contributed by atoms with Crippen molar-refractivity contribution in [3.8, 4) is 0 Å². The number of hydrogen-bond acceptors (Lipinski definition) is 1. The van der Waals surface area contributed by atoms with E-state index in [4.69, 9.17) is 4.74 Å². The summed E-state index contributed by atoms with van der Waals surface area (Å²) < 4.78 is 12.1. The van der Waals surface area contributed by atoms with Crippen LogP contribution in [-0.2, 0) is 4.74 Å². The van der Waals surface area contributed by atoms with E-state index < -0.39 is 18.4 Å². The normalized spacial score (nSPS) is 12.8. The van der Waals surface area contributed by atoms with Gasteiger partial charge in [-0.3, -0.25) is 0 Å². The van der Waals surface area contributed by atoms with E-state index in [1.807, 2.05) is 0 Å². The van der Waals surface area contributed by atoms with Crippen LogP contribution < -0.4 is 0 Å². The van der Waals surface area contributed by atoms with E-state index in [2.05, 4.69) is 40.7 Å². The van der Waals surface area contributed by atoms with Gasteiger partial charge < -0.3 is 0 Å². The van der Waals surface area contributed by atoms with Gasteiger partial charge in [0.25, 0.3) is 0 Å². The van der Waals surface area contributed by atoms with Crippen LogP contribution in [0.3, 0.4) is 0 Å². The van der Waals surface area contributed by atoms with Crippen molar-refractivity contribution in [2.45, 2.75) is 86.5 Å². The van der Waals surface area contributed by atoms with Crippen molar-refractivity contribution in [1.82, 2.24) is 0 Å². The zero-order chi connectivity index (χ0) is 14.6. The molecular formula is C17H36OSn. The van der Waals surface area contributed by atoms with Gasteiger partial charge in [0.1, 0.15) is 0 Å². The fourth-order valence-corrected chi connectivity index (χ4v) is 19.1. The molecule has 0 saturated carbocycles. The molecule has 0 aliphatic rings. The summed E-state index contributed by atoms with van der Waals surface area (Å²) in [4.78, 5) is 0. The van der Waals surface area contributed by atoms with Crippen LogP contribution in [0.4, 0.5) is 0 Å². The summed E-state index contributed by atoms with van der Waals surface area (Å²) in [6, 6.07) is 0. The molecule has 0 saturated heterocycles. The Balaban J connectivity index is 5.05. The monoisotopic (exact) mass is 376 g/mol. The molecule has 0 amide bonds. The average molecular weight is 375 g/mol. The van der Waals surface area contributed by atoms with E-state index in [1.54, 1.807) is 0 Å². The van der Waals surface area contributed by atoms with Gasteiger partial charge in [-0.25, -0.2) is 0 Å². The quantitative estimate of drug-likeness (QED) is 0.287. The van der Waals surface area contributed by atoms with Gasteiger partial charge in [0.15, 0.2) is 0 Å². The average Bonchev–Trinajstić information content (AvgIpc) is 2.44. The summed E-state index contributed by atoms with van der Waals surface area (Å²) in [7, 11) is 0. The van der Waals surface area contributed by atoms with Crippen molar-refractivity contribution in [1.29, 1.82) is 0 Å². The van der Waals surface area contributed by atoms with Crippen LogP contribution in [0.5, 0.6) is 0 Å². The van der Waals surface area contributed by atoms with Gasteiger partial charge in [0.2, 0.25) is 0 Å². The molecule has 0 atom stereocenters. The Bertz CT molecular complexity index is 214.